The number of nitrogens with two attached hydrogens (primary N) is 1. The molecule has 0 amide bonds. The third kappa shape index (κ3) is 3.55. The van der Waals surface area contributed by atoms with E-state index in [0.717, 1.165) is 22.3 Å². The second kappa shape index (κ2) is 6.91. The molecule has 0 unspecified atom stereocenters. The number of nitrogens with zero attached hydrogens (tertiary/aromatic N) is 2. The van der Waals surface area contributed by atoms with Crippen molar-refractivity contribution in [1.29, 1.82) is 0 Å². The first-order chi connectivity index (χ1) is 11.9. The standard InChI is InChI=1S/C17H21N5O2S/c1-11(2)16-9-14-13(5-7-19-17(14)22-16)15-4-3-12(10-20-15)25(23,24)21-8-6-18/h3-5,7,9-11,21H,6,8,18H2,1-2H3,(H,19,22). The quantitative estimate of drug-likeness (QED) is 0.623. The van der Waals surface area contributed by atoms with Gasteiger partial charge < -0.3 is 10.7 Å². The first-order valence-electron chi connectivity index (χ1n) is 8.06. The summed E-state index contributed by atoms with van der Waals surface area (Å²) in [7, 11) is -3.58. The summed E-state index contributed by atoms with van der Waals surface area (Å²) in [4.78, 5) is 12.1. The molecule has 0 fully saturated rings. The van der Waals surface area contributed by atoms with Gasteiger partial charge in [-0.2, -0.15) is 0 Å². The summed E-state index contributed by atoms with van der Waals surface area (Å²) in [6, 6.07) is 7.19. The van der Waals surface area contributed by atoms with Crippen LogP contribution in [0.2, 0.25) is 0 Å². The van der Waals surface area contributed by atoms with Crippen LogP contribution in [0.15, 0.2) is 41.6 Å². The molecule has 3 heterocycles. The van der Waals surface area contributed by atoms with Crippen molar-refractivity contribution < 1.29 is 8.42 Å². The van der Waals surface area contributed by atoms with Gasteiger partial charge in [-0.25, -0.2) is 18.1 Å². The van der Waals surface area contributed by atoms with Gasteiger partial charge in [0.05, 0.1) is 5.69 Å². The zero-order valence-corrected chi connectivity index (χ0v) is 15.0. The Hall–Kier alpha value is -2.29. The minimum atomic E-state index is -3.58. The highest BCUT2D eigenvalue weighted by Gasteiger charge is 2.15. The Bertz CT molecular complexity index is 978. The average molecular weight is 359 g/mol. The van der Waals surface area contributed by atoms with Crippen LogP contribution in [-0.4, -0.2) is 36.5 Å². The van der Waals surface area contributed by atoms with Crippen molar-refractivity contribution >= 4 is 21.1 Å². The van der Waals surface area contributed by atoms with Gasteiger partial charge in [0.1, 0.15) is 10.5 Å². The Labute approximate surface area is 146 Å². The van der Waals surface area contributed by atoms with Crippen molar-refractivity contribution in [3.63, 3.8) is 0 Å². The van der Waals surface area contributed by atoms with E-state index in [2.05, 4.69) is 39.6 Å². The van der Waals surface area contributed by atoms with E-state index in [1.807, 2.05) is 6.07 Å². The number of aromatic amines is 1. The smallest absolute Gasteiger partial charge is 0.242 e. The SMILES string of the molecule is CC(C)c1cc2c(-c3ccc(S(=O)(=O)NCCN)cn3)ccnc2[nH]1. The first-order valence-corrected chi connectivity index (χ1v) is 9.54. The molecule has 0 atom stereocenters. The average Bonchev–Trinajstić information content (AvgIpc) is 3.05. The fraction of sp³-hybridized carbons (Fsp3) is 0.294. The van der Waals surface area contributed by atoms with Gasteiger partial charge in [-0.05, 0) is 30.2 Å². The van der Waals surface area contributed by atoms with Crippen LogP contribution in [0, 0.1) is 0 Å². The van der Waals surface area contributed by atoms with Crippen molar-refractivity contribution in [1.82, 2.24) is 19.7 Å². The molecular formula is C17H21N5O2S. The molecule has 0 saturated heterocycles. The molecule has 4 N–H and O–H groups in total. The summed E-state index contributed by atoms with van der Waals surface area (Å²) in [5.41, 5.74) is 8.83. The van der Waals surface area contributed by atoms with Crippen molar-refractivity contribution in [3.05, 3.63) is 42.4 Å². The van der Waals surface area contributed by atoms with E-state index in [-0.39, 0.29) is 18.0 Å². The normalized spacial score (nSPS) is 12.2. The summed E-state index contributed by atoms with van der Waals surface area (Å²) < 4.78 is 26.6. The molecule has 25 heavy (non-hydrogen) atoms. The van der Waals surface area contributed by atoms with Gasteiger partial charge in [0.15, 0.2) is 0 Å². The van der Waals surface area contributed by atoms with Crippen molar-refractivity contribution in [3.8, 4) is 11.3 Å². The van der Waals surface area contributed by atoms with Gasteiger partial charge in [-0.3, -0.25) is 4.98 Å². The van der Waals surface area contributed by atoms with Crippen LogP contribution in [0.5, 0.6) is 0 Å². The lowest BCUT2D eigenvalue weighted by molar-refractivity contribution is 0.582. The van der Waals surface area contributed by atoms with E-state index in [9.17, 15) is 8.42 Å². The fourth-order valence-corrected chi connectivity index (χ4v) is 3.55. The molecule has 0 aliphatic rings. The minimum Gasteiger partial charge on any atom is -0.343 e. The molecule has 0 aliphatic carbocycles. The first kappa shape index (κ1) is 17.5. The number of hydrogen-bond acceptors (Lipinski definition) is 5. The fourth-order valence-electron chi connectivity index (χ4n) is 2.56. The zero-order chi connectivity index (χ0) is 18.0. The molecule has 0 spiro atoms. The molecule has 0 saturated carbocycles. The molecule has 0 radical (unpaired) electrons. The van der Waals surface area contributed by atoms with Crippen molar-refractivity contribution in [2.75, 3.05) is 13.1 Å². The van der Waals surface area contributed by atoms with E-state index in [1.54, 1.807) is 18.3 Å². The third-order valence-electron chi connectivity index (χ3n) is 3.93. The predicted molar refractivity (Wildman–Crippen MR) is 97.7 cm³/mol. The molecular weight excluding hydrogens is 338 g/mol. The molecule has 0 aromatic carbocycles. The van der Waals surface area contributed by atoms with Gasteiger partial charge in [-0.1, -0.05) is 13.8 Å². The topological polar surface area (TPSA) is 114 Å². The largest absolute Gasteiger partial charge is 0.343 e. The predicted octanol–water partition coefficient (Wildman–Crippen LogP) is 1.99. The summed E-state index contributed by atoms with van der Waals surface area (Å²) in [6.07, 6.45) is 3.07. The maximum absolute atomic E-state index is 12.1. The van der Waals surface area contributed by atoms with Crippen LogP contribution >= 0.6 is 0 Å². The lowest BCUT2D eigenvalue weighted by Gasteiger charge is -2.07. The monoisotopic (exact) mass is 359 g/mol. The molecule has 3 rings (SSSR count). The molecule has 0 aliphatic heterocycles. The number of fused-ring (bicyclic) bond motifs is 1. The van der Waals surface area contributed by atoms with E-state index in [0.29, 0.717) is 11.6 Å². The highest BCUT2D eigenvalue weighted by Crippen LogP contribution is 2.29. The summed E-state index contributed by atoms with van der Waals surface area (Å²) in [5, 5.41) is 0.968. The molecule has 0 bridgehead atoms. The van der Waals surface area contributed by atoms with Crippen molar-refractivity contribution in [2.45, 2.75) is 24.7 Å². The third-order valence-corrected chi connectivity index (χ3v) is 5.38. The number of H-pyrrole nitrogens is 1. The van der Waals surface area contributed by atoms with Gasteiger partial charge in [-0.15, -0.1) is 0 Å². The van der Waals surface area contributed by atoms with Gasteiger partial charge in [0, 0.05) is 42.1 Å². The Morgan fingerprint density at radius 3 is 2.68 bits per heavy atom. The molecule has 8 heteroatoms. The van der Waals surface area contributed by atoms with Crippen LogP contribution in [0.4, 0.5) is 0 Å². The zero-order valence-electron chi connectivity index (χ0n) is 14.2. The van der Waals surface area contributed by atoms with Crippen molar-refractivity contribution in [2.24, 2.45) is 5.73 Å². The molecule has 7 nitrogen and oxygen atoms in total. The van der Waals surface area contributed by atoms with Crippen LogP contribution in [-0.2, 0) is 10.0 Å². The van der Waals surface area contributed by atoms with Crippen LogP contribution in [0.25, 0.3) is 22.3 Å². The number of pyridine rings is 2. The molecule has 3 aromatic heterocycles. The van der Waals surface area contributed by atoms with E-state index in [1.165, 1.54) is 6.20 Å². The Morgan fingerprint density at radius 1 is 1.24 bits per heavy atom. The van der Waals surface area contributed by atoms with Crippen LogP contribution < -0.4 is 10.5 Å². The number of aromatic nitrogens is 3. The van der Waals surface area contributed by atoms with E-state index >= 15 is 0 Å². The molecule has 132 valence electrons. The maximum Gasteiger partial charge on any atom is 0.242 e. The lowest BCUT2D eigenvalue weighted by atomic mass is 10.1. The highest BCUT2D eigenvalue weighted by atomic mass is 32.2. The Morgan fingerprint density at radius 2 is 2.04 bits per heavy atom. The summed E-state index contributed by atoms with van der Waals surface area (Å²) >= 11 is 0. The van der Waals surface area contributed by atoms with E-state index < -0.39 is 10.0 Å². The second-order valence-electron chi connectivity index (χ2n) is 6.07. The number of hydrogen-bond donors (Lipinski definition) is 3. The van der Waals surface area contributed by atoms with Crippen LogP contribution in [0.1, 0.15) is 25.5 Å². The lowest BCUT2D eigenvalue weighted by Crippen LogP contribution is -2.29. The van der Waals surface area contributed by atoms with E-state index in [4.69, 9.17) is 5.73 Å². The summed E-state index contributed by atoms with van der Waals surface area (Å²) in [5.74, 6) is 0.358. The Balaban J connectivity index is 1.99. The van der Waals surface area contributed by atoms with Crippen LogP contribution in [0.3, 0.4) is 0 Å². The highest BCUT2D eigenvalue weighted by molar-refractivity contribution is 7.89. The van der Waals surface area contributed by atoms with Gasteiger partial charge in [0.2, 0.25) is 10.0 Å². The second-order valence-corrected chi connectivity index (χ2v) is 7.83. The minimum absolute atomic E-state index is 0.118. The van der Waals surface area contributed by atoms with Gasteiger partial charge >= 0.3 is 0 Å². The molecule has 3 aromatic rings. The summed E-state index contributed by atoms with van der Waals surface area (Å²) in [6.45, 7) is 4.65. The number of sulfonamides is 1. The number of rotatable bonds is 6. The van der Waals surface area contributed by atoms with Gasteiger partial charge in [0.25, 0.3) is 0 Å². The maximum atomic E-state index is 12.1. The Kier molecular flexibility index (Phi) is 4.85. The number of nitrogens with one attached hydrogen (secondary N) is 2.